The van der Waals surface area contributed by atoms with Gasteiger partial charge in [-0.25, -0.2) is 4.79 Å². The lowest BCUT2D eigenvalue weighted by atomic mass is 9.93. The Morgan fingerprint density at radius 2 is 1.80 bits per heavy atom. The standard InChI is InChI=1S/C7H12O8/c8-1-2-3(9)4(10)5(11)7(14,15-2)6(12)13/h2-5,8-11,14H,1H2,(H,12,13). The molecule has 6 N–H and O–H groups in total. The van der Waals surface area contributed by atoms with Gasteiger partial charge in [0.25, 0.3) is 5.79 Å². The van der Waals surface area contributed by atoms with Gasteiger partial charge >= 0.3 is 5.97 Å². The molecule has 8 heteroatoms. The van der Waals surface area contributed by atoms with Crippen LogP contribution in [0, 0.1) is 0 Å². The molecule has 0 bridgehead atoms. The van der Waals surface area contributed by atoms with Crippen LogP contribution in [0.4, 0.5) is 0 Å². The van der Waals surface area contributed by atoms with Gasteiger partial charge in [0.1, 0.15) is 24.4 Å². The SMILES string of the molecule is O=C(O)C1(O)OC(CO)C(O)C(O)C1O. The van der Waals surface area contributed by atoms with Gasteiger partial charge in [-0.2, -0.15) is 0 Å². The Morgan fingerprint density at radius 1 is 1.27 bits per heavy atom. The molecule has 0 saturated carbocycles. The zero-order valence-electron chi connectivity index (χ0n) is 7.52. The molecule has 1 saturated heterocycles. The topological polar surface area (TPSA) is 148 Å². The second kappa shape index (κ2) is 4.00. The molecular weight excluding hydrogens is 212 g/mol. The second-order valence-corrected chi connectivity index (χ2v) is 3.27. The summed E-state index contributed by atoms with van der Waals surface area (Å²) in [6.07, 6.45) is -7.28. The van der Waals surface area contributed by atoms with E-state index in [-0.39, 0.29) is 0 Å². The average molecular weight is 224 g/mol. The molecule has 0 aromatic heterocycles. The summed E-state index contributed by atoms with van der Waals surface area (Å²) in [5.41, 5.74) is 0. The van der Waals surface area contributed by atoms with Gasteiger partial charge in [-0.15, -0.1) is 0 Å². The van der Waals surface area contributed by atoms with Crippen LogP contribution >= 0.6 is 0 Å². The number of aliphatic hydroxyl groups is 5. The van der Waals surface area contributed by atoms with Crippen LogP contribution in [0.15, 0.2) is 0 Å². The van der Waals surface area contributed by atoms with E-state index in [0.29, 0.717) is 0 Å². The molecule has 1 fully saturated rings. The number of hydrogen-bond donors (Lipinski definition) is 6. The lowest BCUT2D eigenvalue weighted by molar-refractivity contribution is -0.337. The fourth-order valence-electron chi connectivity index (χ4n) is 1.33. The predicted molar refractivity (Wildman–Crippen MR) is 42.6 cm³/mol. The maximum Gasteiger partial charge on any atom is 0.367 e. The average Bonchev–Trinajstić information content (AvgIpc) is 2.20. The van der Waals surface area contributed by atoms with Crippen molar-refractivity contribution in [2.75, 3.05) is 6.61 Å². The Balaban J connectivity index is 2.97. The Labute approximate surface area is 84.0 Å². The molecule has 1 aliphatic heterocycles. The quantitative estimate of drug-likeness (QED) is 0.280. The first kappa shape index (κ1) is 12.3. The summed E-state index contributed by atoms with van der Waals surface area (Å²) in [7, 11) is 0. The van der Waals surface area contributed by atoms with Crippen LogP contribution < -0.4 is 0 Å². The number of carbonyl (C=O) groups is 1. The van der Waals surface area contributed by atoms with E-state index in [1.807, 2.05) is 0 Å². The first-order chi connectivity index (χ1) is 6.84. The normalized spacial score (nSPS) is 46.5. The van der Waals surface area contributed by atoms with Gasteiger partial charge < -0.3 is 35.4 Å². The van der Waals surface area contributed by atoms with Crippen LogP contribution in [0.1, 0.15) is 0 Å². The first-order valence-electron chi connectivity index (χ1n) is 4.13. The van der Waals surface area contributed by atoms with Gasteiger partial charge in [-0.3, -0.25) is 0 Å². The summed E-state index contributed by atoms with van der Waals surface area (Å²) in [5.74, 6) is -4.95. The van der Waals surface area contributed by atoms with Crippen LogP contribution in [-0.4, -0.2) is 73.4 Å². The van der Waals surface area contributed by atoms with E-state index in [4.69, 9.17) is 10.2 Å². The summed E-state index contributed by atoms with van der Waals surface area (Å²) in [6, 6.07) is 0. The van der Waals surface area contributed by atoms with Gasteiger partial charge in [0.05, 0.1) is 6.61 Å². The number of rotatable bonds is 2. The van der Waals surface area contributed by atoms with E-state index in [9.17, 15) is 25.2 Å². The number of ether oxygens (including phenoxy) is 1. The maximum atomic E-state index is 10.6. The third-order valence-corrected chi connectivity index (χ3v) is 2.27. The van der Waals surface area contributed by atoms with Crippen molar-refractivity contribution >= 4 is 5.97 Å². The highest BCUT2D eigenvalue weighted by molar-refractivity contribution is 5.76. The fourth-order valence-corrected chi connectivity index (χ4v) is 1.33. The molecule has 0 aliphatic carbocycles. The number of aliphatic hydroxyl groups excluding tert-OH is 4. The molecule has 1 heterocycles. The molecule has 5 atom stereocenters. The van der Waals surface area contributed by atoms with E-state index in [2.05, 4.69) is 4.74 Å². The van der Waals surface area contributed by atoms with Crippen molar-refractivity contribution in [2.24, 2.45) is 0 Å². The summed E-state index contributed by atoms with van der Waals surface area (Å²) in [6.45, 7) is -0.805. The van der Waals surface area contributed by atoms with Crippen molar-refractivity contribution in [3.05, 3.63) is 0 Å². The van der Waals surface area contributed by atoms with Crippen molar-refractivity contribution in [1.82, 2.24) is 0 Å². The number of carboxylic acids is 1. The van der Waals surface area contributed by atoms with Gasteiger partial charge in [-0.05, 0) is 0 Å². The van der Waals surface area contributed by atoms with Gasteiger partial charge in [0, 0.05) is 0 Å². The van der Waals surface area contributed by atoms with Gasteiger partial charge in [0.2, 0.25) is 0 Å². The largest absolute Gasteiger partial charge is 0.477 e. The Bertz CT molecular complexity index is 253. The fraction of sp³-hybridized carbons (Fsp3) is 0.857. The lowest BCUT2D eigenvalue weighted by Crippen LogP contribution is -2.68. The van der Waals surface area contributed by atoms with Crippen molar-refractivity contribution in [2.45, 2.75) is 30.2 Å². The number of hydrogen-bond acceptors (Lipinski definition) is 7. The molecule has 1 aliphatic rings. The van der Waals surface area contributed by atoms with E-state index in [0.717, 1.165) is 0 Å². The molecule has 15 heavy (non-hydrogen) atoms. The molecule has 0 spiro atoms. The first-order valence-corrected chi connectivity index (χ1v) is 4.13. The molecule has 5 unspecified atom stereocenters. The van der Waals surface area contributed by atoms with Crippen molar-refractivity contribution in [3.63, 3.8) is 0 Å². The molecule has 1 rings (SSSR count). The second-order valence-electron chi connectivity index (χ2n) is 3.27. The highest BCUT2D eigenvalue weighted by Crippen LogP contribution is 2.28. The minimum absolute atomic E-state index is 0.805. The van der Waals surface area contributed by atoms with Crippen LogP contribution in [-0.2, 0) is 9.53 Å². The monoisotopic (exact) mass is 224 g/mol. The Hall–Kier alpha value is -0.770. The molecule has 0 radical (unpaired) electrons. The van der Waals surface area contributed by atoms with Crippen LogP contribution in [0.3, 0.4) is 0 Å². The summed E-state index contributed by atoms with van der Waals surface area (Å²) in [4.78, 5) is 10.6. The lowest BCUT2D eigenvalue weighted by Gasteiger charge is -2.42. The van der Waals surface area contributed by atoms with Gasteiger partial charge in [0.15, 0.2) is 0 Å². The molecular formula is C7H12O8. The molecule has 0 amide bonds. The number of carboxylic acid groups (broad SMARTS) is 1. The molecule has 8 nitrogen and oxygen atoms in total. The van der Waals surface area contributed by atoms with Crippen molar-refractivity contribution in [1.29, 1.82) is 0 Å². The number of aliphatic carboxylic acids is 1. The summed E-state index contributed by atoms with van der Waals surface area (Å²) in [5, 5.41) is 54.3. The van der Waals surface area contributed by atoms with Crippen LogP contribution in [0.5, 0.6) is 0 Å². The Morgan fingerprint density at radius 3 is 2.20 bits per heavy atom. The molecule has 0 aromatic carbocycles. The third-order valence-electron chi connectivity index (χ3n) is 2.27. The van der Waals surface area contributed by atoms with Crippen molar-refractivity contribution < 1.29 is 40.2 Å². The minimum Gasteiger partial charge on any atom is -0.477 e. The van der Waals surface area contributed by atoms with E-state index in [1.165, 1.54) is 0 Å². The van der Waals surface area contributed by atoms with E-state index in [1.54, 1.807) is 0 Å². The maximum absolute atomic E-state index is 10.6. The molecule has 0 aromatic rings. The molecule has 88 valence electrons. The zero-order valence-corrected chi connectivity index (χ0v) is 7.52. The van der Waals surface area contributed by atoms with E-state index >= 15 is 0 Å². The highest BCUT2D eigenvalue weighted by Gasteiger charge is 2.57. The van der Waals surface area contributed by atoms with Crippen LogP contribution in [0.2, 0.25) is 0 Å². The summed E-state index contributed by atoms with van der Waals surface area (Å²) < 4.78 is 4.43. The van der Waals surface area contributed by atoms with Crippen LogP contribution in [0.25, 0.3) is 0 Å². The minimum atomic E-state index is -3.04. The third kappa shape index (κ3) is 1.83. The zero-order chi connectivity index (χ0) is 11.8. The highest BCUT2D eigenvalue weighted by atomic mass is 16.7. The van der Waals surface area contributed by atoms with Gasteiger partial charge in [-0.1, -0.05) is 0 Å². The smallest absolute Gasteiger partial charge is 0.367 e. The van der Waals surface area contributed by atoms with E-state index < -0.39 is 42.8 Å². The predicted octanol–water partition coefficient (Wildman–Crippen LogP) is -3.77. The summed E-state index contributed by atoms with van der Waals surface area (Å²) >= 11 is 0. The van der Waals surface area contributed by atoms with Crippen molar-refractivity contribution in [3.8, 4) is 0 Å². The Kier molecular flexibility index (Phi) is 3.28.